The van der Waals surface area contributed by atoms with Gasteiger partial charge < -0.3 is 5.32 Å². The highest BCUT2D eigenvalue weighted by atomic mass is 32.2. The fraction of sp³-hybridized carbons (Fsp3) is 0.455. The zero-order valence-corrected chi connectivity index (χ0v) is 11.1. The SMILES string of the molecule is NS(=O)(=O)c1cccc(NC2CCCSC2)c1. The maximum absolute atomic E-state index is 11.2. The minimum Gasteiger partial charge on any atom is -0.381 e. The molecular formula is C11H16N2O2S2. The Morgan fingerprint density at radius 2 is 2.24 bits per heavy atom. The molecule has 0 radical (unpaired) electrons. The Morgan fingerprint density at radius 1 is 1.41 bits per heavy atom. The van der Waals surface area contributed by atoms with Gasteiger partial charge in [0.15, 0.2) is 0 Å². The highest BCUT2D eigenvalue weighted by molar-refractivity contribution is 7.99. The first-order chi connectivity index (χ1) is 8.05. The number of sulfonamides is 1. The fourth-order valence-corrected chi connectivity index (χ4v) is 3.48. The summed E-state index contributed by atoms with van der Waals surface area (Å²) >= 11 is 1.93. The molecule has 1 aromatic carbocycles. The molecule has 0 aromatic heterocycles. The summed E-state index contributed by atoms with van der Waals surface area (Å²) in [6.07, 6.45) is 2.34. The van der Waals surface area contributed by atoms with E-state index >= 15 is 0 Å². The van der Waals surface area contributed by atoms with Crippen LogP contribution < -0.4 is 10.5 Å². The maximum atomic E-state index is 11.2. The van der Waals surface area contributed by atoms with Crippen molar-refractivity contribution in [2.24, 2.45) is 5.14 Å². The molecule has 0 amide bonds. The van der Waals surface area contributed by atoms with Gasteiger partial charge in [-0.2, -0.15) is 11.8 Å². The van der Waals surface area contributed by atoms with Crippen molar-refractivity contribution in [3.8, 4) is 0 Å². The average molecular weight is 272 g/mol. The zero-order valence-electron chi connectivity index (χ0n) is 9.43. The molecule has 6 heteroatoms. The first kappa shape index (κ1) is 12.7. The molecule has 1 atom stereocenters. The summed E-state index contributed by atoms with van der Waals surface area (Å²) in [5, 5.41) is 8.45. The van der Waals surface area contributed by atoms with E-state index in [1.807, 2.05) is 17.8 Å². The highest BCUT2D eigenvalue weighted by Crippen LogP contribution is 2.22. The van der Waals surface area contributed by atoms with Gasteiger partial charge in [0.05, 0.1) is 4.90 Å². The van der Waals surface area contributed by atoms with Crippen LogP contribution in [0.1, 0.15) is 12.8 Å². The van der Waals surface area contributed by atoms with E-state index in [1.165, 1.54) is 18.2 Å². The van der Waals surface area contributed by atoms with Crippen LogP contribution in [0.2, 0.25) is 0 Å². The van der Waals surface area contributed by atoms with E-state index in [0.29, 0.717) is 6.04 Å². The van der Waals surface area contributed by atoms with Gasteiger partial charge in [-0.15, -0.1) is 0 Å². The van der Waals surface area contributed by atoms with Crippen molar-refractivity contribution in [3.63, 3.8) is 0 Å². The monoisotopic (exact) mass is 272 g/mol. The molecule has 1 saturated heterocycles. The molecule has 0 bridgehead atoms. The standard InChI is InChI=1S/C11H16N2O2S2/c12-17(14,15)11-5-1-3-9(7-11)13-10-4-2-6-16-8-10/h1,3,5,7,10,13H,2,4,6,8H2,(H2,12,14,15). The molecule has 3 N–H and O–H groups in total. The molecular weight excluding hydrogens is 256 g/mol. The van der Waals surface area contributed by atoms with Gasteiger partial charge in [-0.25, -0.2) is 13.6 Å². The second-order valence-electron chi connectivity index (χ2n) is 4.13. The molecule has 94 valence electrons. The van der Waals surface area contributed by atoms with E-state index < -0.39 is 10.0 Å². The lowest BCUT2D eigenvalue weighted by atomic mass is 10.2. The summed E-state index contributed by atoms with van der Waals surface area (Å²) in [4.78, 5) is 0.158. The van der Waals surface area contributed by atoms with Crippen LogP contribution in [0.15, 0.2) is 29.2 Å². The third-order valence-corrected chi connectivity index (χ3v) is 4.82. The largest absolute Gasteiger partial charge is 0.381 e. The summed E-state index contributed by atoms with van der Waals surface area (Å²) < 4.78 is 22.4. The maximum Gasteiger partial charge on any atom is 0.238 e. The predicted octanol–water partition coefficient (Wildman–Crippen LogP) is 1.64. The van der Waals surface area contributed by atoms with Gasteiger partial charge in [-0.1, -0.05) is 6.07 Å². The molecule has 1 aliphatic heterocycles. The van der Waals surface area contributed by atoms with Crippen LogP contribution in [0.5, 0.6) is 0 Å². The number of anilines is 1. The van der Waals surface area contributed by atoms with Gasteiger partial charge in [0, 0.05) is 17.5 Å². The van der Waals surface area contributed by atoms with Crippen LogP contribution in [0.3, 0.4) is 0 Å². The third-order valence-electron chi connectivity index (χ3n) is 2.69. The van der Waals surface area contributed by atoms with E-state index in [9.17, 15) is 8.42 Å². The van der Waals surface area contributed by atoms with Gasteiger partial charge >= 0.3 is 0 Å². The first-order valence-corrected chi connectivity index (χ1v) is 8.23. The first-order valence-electron chi connectivity index (χ1n) is 5.53. The Labute approximate surface area is 106 Å². The lowest BCUT2D eigenvalue weighted by Crippen LogP contribution is -2.25. The normalized spacial score (nSPS) is 21.1. The molecule has 2 rings (SSSR count). The van der Waals surface area contributed by atoms with Crippen molar-refractivity contribution in [1.29, 1.82) is 0 Å². The molecule has 4 nitrogen and oxygen atoms in total. The Kier molecular flexibility index (Phi) is 3.96. The Balaban J connectivity index is 2.11. The molecule has 1 aliphatic rings. The van der Waals surface area contributed by atoms with E-state index in [4.69, 9.17) is 5.14 Å². The number of benzene rings is 1. The van der Waals surface area contributed by atoms with Crippen molar-refractivity contribution in [1.82, 2.24) is 0 Å². The lowest BCUT2D eigenvalue weighted by Gasteiger charge is -2.23. The minimum absolute atomic E-state index is 0.158. The van der Waals surface area contributed by atoms with Crippen molar-refractivity contribution >= 4 is 27.5 Å². The third kappa shape index (κ3) is 3.62. The molecule has 0 saturated carbocycles. The lowest BCUT2D eigenvalue weighted by molar-refractivity contribution is 0.597. The molecule has 0 spiro atoms. The van der Waals surface area contributed by atoms with Crippen LogP contribution >= 0.6 is 11.8 Å². The van der Waals surface area contributed by atoms with Crippen molar-refractivity contribution in [2.45, 2.75) is 23.8 Å². The second kappa shape index (κ2) is 5.29. The number of primary sulfonamides is 1. The van der Waals surface area contributed by atoms with Crippen LogP contribution in [-0.4, -0.2) is 26.0 Å². The summed E-state index contributed by atoms with van der Waals surface area (Å²) in [6, 6.07) is 7.10. The molecule has 0 aliphatic carbocycles. The summed E-state index contributed by atoms with van der Waals surface area (Å²) in [5.74, 6) is 2.29. The summed E-state index contributed by atoms with van der Waals surface area (Å²) in [7, 11) is -3.61. The van der Waals surface area contributed by atoms with Gasteiger partial charge in [-0.3, -0.25) is 0 Å². The van der Waals surface area contributed by atoms with E-state index in [-0.39, 0.29) is 4.90 Å². The molecule has 1 heterocycles. The molecule has 1 unspecified atom stereocenters. The molecule has 17 heavy (non-hydrogen) atoms. The topological polar surface area (TPSA) is 72.2 Å². The minimum atomic E-state index is -3.61. The van der Waals surface area contributed by atoms with Gasteiger partial charge in [0.2, 0.25) is 10.0 Å². The number of thioether (sulfide) groups is 1. The number of hydrogen-bond donors (Lipinski definition) is 2. The van der Waals surface area contributed by atoms with E-state index in [2.05, 4.69) is 5.32 Å². The average Bonchev–Trinajstić information content (AvgIpc) is 2.29. The smallest absolute Gasteiger partial charge is 0.238 e. The van der Waals surface area contributed by atoms with Crippen LogP contribution in [0.4, 0.5) is 5.69 Å². The summed E-state index contributed by atoms with van der Waals surface area (Å²) in [6.45, 7) is 0. The fourth-order valence-electron chi connectivity index (χ4n) is 1.85. The second-order valence-corrected chi connectivity index (χ2v) is 6.84. The number of rotatable bonds is 3. The van der Waals surface area contributed by atoms with E-state index in [0.717, 1.165) is 17.9 Å². The Bertz CT molecular complexity index is 482. The van der Waals surface area contributed by atoms with Crippen molar-refractivity contribution in [2.75, 3.05) is 16.8 Å². The van der Waals surface area contributed by atoms with Crippen molar-refractivity contribution < 1.29 is 8.42 Å². The van der Waals surface area contributed by atoms with Crippen LogP contribution in [0, 0.1) is 0 Å². The Morgan fingerprint density at radius 3 is 2.88 bits per heavy atom. The molecule has 1 aromatic rings. The number of hydrogen-bond acceptors (Lipinski definition) is 4. The number of nitrogens with two attached hydrogens (primary N) is 1. The number of nitrogens with one attached hydrogen (secondary N) is 1. The molecule has 1 fully saturated rings. The quantitative estimate of drug-likeness (QED) is 0.877. The highest BCUT2D eigenvalue weighted by Gasteiger charge is 2.14. The Hall–Kier alpha value is -0.720. The predicted molar refractivity (Wildman–Crippen MR) is 71.8 cm³/mol. The van der Waals surface area contributed by atoms with Gasteiger partial charge in [-0.05, 0) is 36.8 Å². The van der Waals surface area contributed by atoms with Gasteiger partial charge in [0.1, 0.15) is 0 Å². The van der Waals surface area contributed by atoms with Crippen molar-refractivity contribution in [3.05, 3.63) is 24.3 Å². The van der Waals surface area contributed by atoms with E-state index in [1.54, 1.807) is 12.1 Å². The van der Waals surface area contributed by atoms with Crippen LogP contribution in [0.25, 0.3) is 0 Å². The van der Waals surface area contributed by atoms with Crippen LogP contribution in [-0.2, 0) is 10.0 Å². The zero-order chi connectivity index (χ0) is 12.3. The summed E-state index contributed by atoms with van der Waals surface area (Å²) in [5.41, 5.74) is 0.823. The van der Waals surface area contributed by atoms with Gasteiger partial charge in [0.25, 0.3) is 0 Å².